The van der Waals surface area contributed by atoms with Crippen molar-refractivity contribution in [2.45, 2.75) is 40.7 Å². The van der Waals surface area contributed by atoms with Gasteiger partial charge in [0.25, 0.3) is 0 Å². The van der Waals surface area contributed by atoms with E-state index in [2.05, 4.69) is 37.2 Å². The lowest BCUT2D eigenvalue weighted by molar-refractivity contribution is 0.0697. The Bertz CT molecular complexity index is 711. The predicted octanol–water partition coefficient (Wildman–Crippen LogP) is 3.65. The molecule has 0 aliphatic heterocycles. The van der Waals surface area contributed by atoms with Crippen LogP contribution in [0.15, 0.2) is 18.2 Å². The van der Waals surface area contributed by atoms with Crippen LogP contribution in [0, 0.1) is 17.8 Å². The van der Waals surface area contributed by atoms with E-state index in [9.17, 15) is 9.90 Å². The number of nitrogens with zero attached hydrogens (tertiary/aromatic N) is 2. The van der Waals surface area contributed by atoms with Gasteiger partial charge in [0.05, 0.1) is 16.6 Å². The molecule has 0 unspecified atom stereocenters. The van der Waals surface area contributed by atoms with E-state index in [1.54, 1.807) is 18.2 Å². The molecule has 4 nitrogen and oxygen atoms in total. The number of carbonyl (C=O) groups is 1. The standard InChI is InChI=1S/C16H20N2O2/c1-9-17-11-7-6-10(13(19)20)8-12(11)18(9)14-15(2,3)16(14,4)5/h6-8,14H,1-5H3,(H,19,20). The largest absolute Gasteiger partial charge is 0.478 e. The van der Waals surface area contributed by atoms with Crippen molar-refractivity contribution in [3.8, 4) is 0 Å². The monoisotopic (exact) mass is 272 g/mol. The molecule has 4 heteroatoms. The lowest BCUT2D eigenvalue weighted by Crippen LogP contribution is -2.04. The number of aryl methyl sites for hydroxylation is 1. The third-order valence-electron chi connectivity index (χ3n) is 5.32. The number of rotatable bonds is 2. The van der Waals surface area contributed by atoms with Crippen LogP contribution in [-0.2, 0) is 0 Å². The summed E-state index contributed by atoms with van der Waals surface area (Å²) in [5.41, 5.74) is 2.47. The molecule has 1 aromatic carbocycles. The second-order valence-electron chi connectivity index (χ2n) is 6.88. The summed E-state index contributed by atoms with van der Waals surface area (Å²) in [7, 11) is 0. The summed E-state index contributed by atoms with van der Waals surface area (Å²) in [4.78, 5) is 15.7. The quantitative estimate of drug-likeness (QED) is 0.907. The van der Waals surface area contributed by atoms with Crippen molar-refractivity contribution in [2.75, 3.05) is 0 Å². The molecule has 0 radical (unpaired) electrons. The van der Waals surface area contributed by atoms with E-state index in [1.807, 2.05) is 6.92 Å². The van der Waals surface area contributed by atoms with Crippen molar-refractivity contribution in [1.82, 2.24) is 9.55 Å². The molecule has 1 N–H and O–H groups in total. The predicted molar refractivity (Wildman–Crippen MR) is 78.0 cm³/mol. The topological polar surface area (TPSA) is 55.1 Å². The maximum absolute atomic E-state index is 11.2. The molecule has 106 valence electrons. The van der Waals surface area contributed by atoms with Gasteiger partial charge in [-0.25, -0.2) is 9.78 Å². The summed E-state index contributed by atoms with van der Waals surface area (Å²) in [6.45, 7) is 11.0. The minimum atomic E-state index is -0.897. The van der Waals surface area contributed by atoms with Crippen molar-refractivity contribution in [2.24, 2.45) is 10.8 Å². The fourth-order valence-corrected chi connectivity index (χ4v) is 3.48. The number of carboxylic acid groups (broad SMARTS) is 1. The van der Waals surface area contributed by atoms with Crippen molar-refractivity contribution in [3.05, 3.63) is 29.6 Å². The van der Waals surface area contributed by atoms with Gasteiger partial charge in [0.2, 0.25) is 0 Å². The summed E-state index contributed by atoms with van der Waals surface area (Å²) in [6.07, 6.45) is 0. The van der Waals surface area contributed by atoms with E-state index in [1.165, 1.54) is 0 Å². The maximum atomic E-state index is 11.2. The van der Waals surface area contributed by atoms with Crippen LogP contribution in [0.2, 0.25) is 0 Å². The average Bonchev–Trinajstić information content (AvgIpc) is 2.63. The van der Waals surface area contributed by atoms with Crippen LogP contribution < -0.4 is 0 Å². The second-order valence-corrected chi connectivity index (χ2v) is 6.88. The van der Waals surface area contributed by atoms with Crippen molar-refractivity contribution in [3.63, 3.8) is 0 Å². The number of fused-ring (bicyclic) bond motifs is 1. The zero-order valence-corrected chi connectivity index (χ0v) is 12.6. The molecule has 1 heterocycles. The van der Waals surface area contributed by atoms with Gasteiger partial charge in [-0.1, -0.05) is 27.7 Å². The molecule has 1 aliphatic carbocycles. The summed E-state index contributed by atoms with van der Waals surface area (Å²) in [6, 6.07) is 5.50. The van der Waals surface area contributed by atoms with E-state index in [-0.39, 0.29) is 10.8 Å². The second kappa shape index (κ2) is 3.62. The average molecular weight is 272 g/mol. The Hall–Kier alpha value is -1.84. The van der Waals surface area contributed by atoms with Gasteiger partial charge in [0, 0.05) is 6.04 Å². The molecule has 1 fully saturated rings. The number of hydrogen-bond donors (Lipinski definition) is 1. The SMILES string of the molecule is Cc1nc2ccc(C(=O)O)cc2n1C1C(C)(C)C1(C)C. The van der Waals surface area contributed by atoms with Gasteiger partial charge in [-0.2, -0.15) is 0 Å². The number of benzene rings is 1. The van der Waals surface area contributed by atoms with Crippen LogP contribution in [0.25, 0.3) is 11.0 Å². The van der Waals surface area contributed by atoms with E-state index in [0.29, 0.717) is 11.6 Å². The maximum Gasteiger partial charge on any atom is 0.335 e. The number of carboxylic acids is 1. The molecule has 20 heavy (non-hydrogen) atoms. The molecule has 1 aromatic heterocycles. The van der Waals surface area contributed by atoms with E-state index in [0.717, 1.165) is 16.9 Å². The molecular formula is C16H20N2O2. The molecular weight excluding hydrogens is 252 g/mol. The number of aromatic nitrogens is 2. The van der Waals surface area contributed by atoms with Gasteiger partial charge in [0.1, 0.15) is 5.82 Å². The Labute approximate surface area is 118 Å². The van der Waals surface area contributed by atoms with Crippen LogP contribution in [0.5, 0.6) is 0 Å². The molecule has 0 amide bonds. The lowest BCUT2D eigenvalue weighted by Gasteiger charge is -2.09. The van der Waals surface area contributed by atoms with Crippen LogP contribution in [0.4, 0.5) is 0 Å². The molecule has 0 bridgehead atoms. The van der Waals surface area contributed by atoms with E-state index >= 15 is 0 Å². The van der Waals surface area contributed by atoms with Gasteiger partial charge in [0.15, 0.2) is 0 Å². The van der Waals surface area contributed by atoms with Crippen molar-refractivity contribution < 1.29 is 9.90 Å². The van der Waals surface area contributed by atoms with Crippen LogP contribution in [0.1, 0.15) is 49.9 Å². The zero-order chi connectivity index (χ0) is 14.9. The fraction of sp³-hybridized carbons (Fsp3) is 0.500. The normalized spacial score (nSPS) is 20.2. The molecule has 0 saturated heterocycles. The highest BCUT2D eigenvalue weighted by atomic mass is 16.4. The smallest absolute Gasteiger partial charge is 0.335 e. The number of hydrogen-bond acceptors (Lipinski definition) is 2. The molecule has 1 aliphatic rings. The summed E-state index contributed by atoms with van der Waals surface area (Å²) >= 11 is 0. The minimum Gasteiger partial charge on any atom is -0.478 e. The van der Waals surface area contributed by atoms with Gasteiger partial charge in [-0.15, -0.1) is 0 Å². The van der Waals surface area contributed by atoms with Gasteiger partial charge in [-0.3, -0.25) is 0 Å². The van der Waals surface area contributed by atoms with Crippen molar-refractivity contribution in [1.29, 1.82) is 0 Å². The molecule has 0 atom stereocenters. The van der Waals surface area contributed by atoms with Crippen LogP contribution in [-0.4, -0.2) is 20.6 Å². The Kier molecular flexibility index (Phi) is 2.38. The third kappa shape index (κ3) is 1.48. The highest BCUT2D eigenvalue weighted by Crippen LogP contribution is 2.72. The Morgan fingerprint density at radius 3 is 2.35 bits per heavy atom. The molecule has 0 spiro atoms. The highest BCUT2D eigenvalue weighted by Gasteiger charge is 2.66. The molecule has 3 rings (SSSR count). The first kappa shape index (κ1) is 13.2. The van der Waals surface area contributed by atoms with E-state index in [4.69, 9.17) is 0 Å². The first-order valence-electron chi connectivity index (χ1n) is 6.90. The van der Waals surface area contributed by atoms with Crippen LogP contribution in [0.3, 0.4) is 0 Å². The Morgan fingerprint density at radius 1 is 1.25 bits per heavy atom. The van der Waals surface area contributed by atoms with Crippen molar-refractivity contribution >= 4 is 17.0 Å². The highest BCUT2D eigenvalue weighted by molar-refractivity contribution is 5.92. The first-order valence-corrected chi connectivity index (χ1v) is 6.90. The summed E-state index contributed by atoms with van der Waals surface area (Å²) in [5.74, 6) is 0.0535. The van der Waals surface area contributed by atoms with Gasteiger partial charge in [-0.05, 0) is 36.0 Å². The summed E-state index contributed by atoms with van der Waals surface area (Å²) in [5, 5.41) is 9.17. The lowest BCUT2D eigenvalue weighted by atomic mass is 10.0. The zero-order valence-electron chi connectivity index (χ0n) is 12.6. The number of imidazole rings is 1. The molecule has 1 saturated carbocycles. The third-order valence-corrected chi connectivity index (χ3v) is 5.32. The summed E-state index contributed by atoms with van der Waals surface area (Å²) < 4.78 is 2.21. The Balaban J connectivity index is 2.23. The Morgan fingerprint density at radius 2 is 1.85 bits per heavy atom. The van der Waals surface area contributed by atoms with Gasteiger partial charge >= 0.3 is 5.97 Å². The minimum absolute atomic E-state index is 0.185. The first-order chi connectivity index (χ1) is 9.18. The molecule has 2 aromatic rings. The number of aromatic carboxylic acids is 1. The van der Waals surface area contributed by atoms with Crippen LogP contribution >= 0.6 is 0 Å². The van der Waals surface area contributed by atoms with Gasteiger partial charge < -0.3 is 9.67 Å². The van der Waals surface area contributed by atoms with E-state index < -0.39 is 5.97 Å². The fourth-order valence-electron chi connectivity index (χ4n) is 3.48.